The predicted molar refractivity (Wildman–Crippen MR) is 88.2 cm³/mol. The third-order valence-electron chi connectivity index (χ3n) is 3.67. The number of nitrogens with one attached hydrogen (secondary N) is 1. The summed E-state index contributed by atoms with van der Waals surface area (Å²) in [5.41, 5.74) is 1.87. The fraction of sp³-hybridized carbons (Fsp3) is 0.294. The maximum Gasteiger partial charge on any atom is 0.251 e. The standard InChI is InChI=1S/C17H18ClN3O2/c1-10-8-14(12(3)22-10)17-21-20-16(23-17)9-19-11(2)13-6-4-5-7-15(13)18/h4-8,11,19H,9H2,1-3H3/t11-/m0/s1. The Morgan fingerprint density at radius 1 is 1.17 bits per heavy atom. The van der Waals surface area contributed by atoms with Crippen molar-refractivity contribution in [2.45, 2.75) is 33.4 Å². The van der Waals surface area contributed by atoms with E-state index in [4.69, 9.17) is 20.4 Å². The molecule has 3 rings (SSSR count). The van der Waals surface area contributed by atoms with E-state index in [1.54, 1.807) is 0 Å². The van der Waals surface area contributed by atoms with Gasteiger partial charge in [-0.05, 0) is 38.5 Å². The Labute approximate surface area is 139 Å². The Morgan fingerprint density at radius 3 is 2.65 bits per heavy atom. The summed E-state index contributed by atoms with van der Waals surface area (Å²) in [5, 5.41) is 12.2. The first-order valence-electron chi connectivity index (χ1n) is 7.42. The van der Waals surface area contributed by atoms with Crippen LogP contribution in [0.3, 0.4) is 0 Å². The average Bonchev–Trinajstić information content (AvgIpc) is 3.11. The van der Waals surface area contributed by atoms with Crippen molar-refractivity contribution in [2.75, 3.05) is 0 Å². The molecule has 6 heteroatoms. The second kappa shape index (κ2) is 6.56. The third-order valence-corrected chi connectivity index (χ3v) is 4.01. The first-order valence-corrected chi connectivity index (χ1v) is 7.80. The van der Waals surface area contributed by atoms with Crippen LogP contribution in [0.1, 0.15) is 35.9 Å². The van der Waals surface area contributed by atoms with E-state index >= 15 is 0 Å². The van der Waals surface area contributed by atoms with Crippen LogP contribution in [-0.4, -0.2) is 10.2 Å². The molecule has 0 aliphatic carbocycles. The van der Waals surface area contributed by atoms with Crippen molar-refractivity contribution in [3.8, 4) is 11.5 Å². The molecule has 0 amide bonds. The highest BCUT2D eigenvalue weighted by Crippen LogP contribution is 2.26. The number of benzene rings is 1. The van der Waals surface area contributed by atoms with Crippen LogP contribution in [0, 0.1) is 13.8 Å². The van der Waals surface area contributed by atoms with Crippen molar-refractivity contribution in [3.05, 3.63) is 58.3 Å². The molecule has 2 aromatic heterocycles. The molecule has 0 spiro atoms. The minimum absolute atomic E-state index is 0.0805. The fourth-order valence-electron chi connectivity index (χ4n) is 2.45. The predicted octanol–water partition coefficient (Wildman–Crippen LogP) is 4.45. The van der Waals surface area contributed by atoms with E-state index in [1.807, 2.05) is 51.1 Å². The van der Waals surface area contributed by atoms with Gasteiger partial charge in [0.25, 0.3) is 5.89 Å². The normalized spacial score (nSPS) is 12.5. The number of hydrogen-bond acceptors (Lipinski definition) is 5. The number of aromatic nitrogens is 2. The zero-order valence-corrected chi connectivity index (χ0v) is 14.0. The topological polar surface area (TPSA) is 64.1 Å². The molecule has 0 saturated carbocycles. The quantitative estimate of drug-likeness (QED) is 0.748. The molecule has 0 fully saturated rings. The Bertz CT molecular complexity index is 810. The summed E-state index contributed by atoms with van der Waals surface area (Å²) in [6, 6.07) is 9.73. The zero-order chi connectivity index (χ0) is 16.4. The van der Waals surface area contributed by atoms with Crippen LogP contribution < -0.4 is 5.32 Å². The molecule has 0 aliphatic heterocycles. The first kappa shape index (κ1) is 15.8. The molecule has 5 nitrogen and oxygen atoms in total. The SMILES string of the molecule is Cc1cc(-c2nnc(CN[C@@H](C)c3ccccc3Cl)o2)c(C)o1. The van der Waals surface area contributed by atoms with E-state index in [2.05, 4.69) is 15.5 Å². The van der Waals surface area contributed by atoms with Gasteiger partial charge in [0.05, 0.1) is 12.1 Å². The zero-order valence-electron chi connectivity index (χ0n) is 13.3. The van der Waals surface area contributed by atoms with Crippen LogP contribution in [0.5, 0.6) is 0 Å². The van der Waals surface area contributed by atoms with Crippen molar-refractivity contribution in [1.29, 1.82) is 0 Å². The van der Waals surface area contributed by atoms with E-state index in [1.165, 1.54) is 0 Å². The average molecular weight is 332 g/mol. The van der Waals surface area contributed by atoms with Gasteiger partial charge in [-0.25, -0.2) is 0 Å². The lowest BCUT2D eigenvalue weighted by Gasteiger charge is -2.14. The van der Waals surface area contributed by atoms with Crippen LogP contribution in [-0.2, 0) is 6.54 Å². The van der Waals surface area contributed by atoms with Gasteiger partial charge >= 0.3 is 0 Å². The third kappa shape index (κ3) is 3.46. The maximum absolute atomic E-state index is 6.20. The lowest BCUT2D eigenvalue weighted by atomic mass is 10.1. The van der Waals surface area contributed by atoms with Gasteiger partial charge in [0.2, 0.25) is 5.89 Å². The molecule has 0 bridgehead atoms. The smallest absolute Gasteiger partial charge is 0.251 e. The lowest BCUT2D eigenvalue weighted by molar-refractivity contribution is 0.452. The van der Waals surface area contributed by atoms with Gasteiger partial charge in [-0.3, -0.25) is 0 Å². The second-order valence-corrected chi connectivity index (χ2v) is 5.86. The van der Waals surface area contributed by atoms with Gasteiger partial charge < -0.3 is 14.2 Å². The van der Waals surface area contributed by atoms with Crippen LogP contribution in [0.4, 0.5) is 0 Å². The Kier molecular flexibility index (Phi) is 4.50. The summed E-state index contributed by atoms with van der Waals surface area (Å²) in [6.07, 6.45) is 0. The van der Waals surface area contributed by atoms with Gasteiger partial charge in [-0.15, -0.1) is 10.2 Å². The van der Waals surface area contributed by atoms with Crippen molar-refractivity contribution in [2.24, 2.45) is 0 Å². The molecule has 0 aliphatic rings. The number of nitrogens with zero attached hydrogens (tertiary/aromatic N) is 2. The monoisotopic (exact) mass is 331 g/mol. The molecule has 1 N–H and O–H groups in total. The molecule has 0 radical (unpaired) electrons. The molecule has 3 aromatic rings. The molecule has 1 aromatic carbocycles. The number of aryl methyl sites for hydroxylation is 2. The van der Waals surface area contributed by atoms with Gasteiger partial charge in [0, 0.05) is 11.1 Å². The minimum atomic E-state index is 0.0805. The first-order chi connectivity index (χ1) is 11.0. The fourth-order valence-corrected chi connectivity index (χ4v) is 2.75. The molecule has 120 valence electrons. The van der Waals surface area contributed by atoms with Crippen LogP contribution in [0.2, 0.25) is 5.02 Å². The van der Waals surface area contributed by atoms with E-state index in [-0.39, 0.29) is 6.04 Å². The molecule has 2 heterocycles. The highest BCUT2D eigenvalue weighted by atomic mass is 35.5. The minimum Gasteiger partial charge on any atom is -0.466 e. The van der Waals surface area contributed by atoms with E-state index in [9.17, 15) is 0 Å². The van der Waals surface area contributed by atoms with E-state index in [0.717, 1.165) is 27.7 Å². The molecular weight excluding hydrogens is 314 g/mol. The summed E-state index contributed by atoms with van der Waals surface area (Å²) >= 11 is 6.20. The van der Waals surface area contributed by atoms with Gasteiger partial charge in [0.1, 0.15) is 11.5 Å². The van der Waals surface area contributed by atoms with Crippen molar-refractivity contribution in [1.82, 2.24) is 15.5 Å². The lowest BCUT2D eigenvalue weighted by Crippen LogP contribution is -2.18. The summed E-state index contributed by atoms with van der Waals surface area (Å²) in [4.78, 5) is 0. The molecule has 0 saturated heterocycles. The Balaban J connectivity index is 1.68. The summed E-state index contributed by atoms with van der Waals surface area (Å²) in [6.45, 7) is 6.28. The Morgan fingerprint density at radius 2 is 1.96 bits per heavy atom. The van der Waals surface area contributed by atoms with Gasteiger partial charge in [-0.1, -0.05) is 29.8 Å². The number of halogens is 1. The highest BCUT2D eigenvalue weighted by Gasteiger charge is 2.15. The molecule has 23 heavy (non-hydrogen) atoms. The van der Waals surface area contributed by atoms with Gasteiger partial charge in [-0.2, -0.15) is 0 Å². The summed E-state index contributed by atoms with van der Waals surface area (Å²) in [7, 11) is 0. The van der Waals surface area contributed by atoms with Crippen molar-refractivity contribution in [3.63, 3.8) is 0 Å². The molecular formula is C17H18ClN3O2. The Hall–Kier alpha value is -2.11. The number of hydrogen-bond donors (Lipinski definition) is 1. The largest absolute Gasteiger partial charge is 0.466 e. The number of rotatable bonds is 5. The molecule has 1 atom stereocenters. The second-order valence-electron chi connectivity index (χ2n) is 5.45. The van der Waals surface area contributed by atoms with Crippen LogP contribution in [0.15, 0.2) is 39.2 Å². The van der Waals surface area contributed by atoms with E-state index in [0.29, 0.717) is 18.3 Å². The molecule has 0 unspecified atom stereocenters. The maximum atomic E-state index is 6.20. The summed E-state index contributed by atoms with van der Waals surface area (Å²) < 4.78 is 11.2. The van der Waals surface area contributed by atoms with Crippen LogP contribution in [0.25, 0.3) is 11.5 Å². The summed E-state index contributed by atoms with van der Waals surface area (Å²) in [5.74, 6) is 2.59. The van der Waals surface area contributed by atoms with Crippen molar-refractivity contribution < 1.29 is 8.83 Å². The van der Waals surface area contributed by atoms with Gasteiger partial charge in [0.15, 0.2) is 0 Å². The number of furan rings is 1. The van der Waals surface area contributed by atoms with E-state index < -0.39 is 0 Å². The van der Waals surface area contributed by atoms with Crippen molar-refractivity contribution >= 4 is 11.6 Å². The van der Waals surface area contributed by atoms with Crippen LogP contribution >= 0.6 is 11.6 Å². The highest BCUT2D eigenvalue weighted by molar-refractivity contribution is 6.31.